The Morgan fingerprint density at radius 1 is 1.12 bits per heavy atom. The number of nitrogens with zero attached hydrogens (tertiary/aromatic N) is 5. The van der Waals surface area contributed by atoms with E-state index >= 15 is 0 Å². The lowest BCUT2D eigenvalue weighted by Gasteiger charge is -2.31. The van der Waals surface area contributed by atoms with Crippen LogP contribution in [0.15, 0.2) is 24.3 Å². The Morgan fingerprint density at radius 3 is 2.52 bits per heavy atom. The number of carbonyl (C=O) groups is 3. The lowest BCUT2D eigenvalue weighted by atomic mass is 10.0. The van der Waals surface area contributed by atoms with Crippen LogP contribution in [0.2, 0.25) is 0 Å². The molecule has 0 radical (unpaired) electrons. The van der Waals surface area contributed by atoms with Gasteiger partial charge < -0.3 is 30.6 Å². The molecule has 0 fully saturated rings. The van der Waals surface area contributed by atoms with Gasteiger partial charge >= 0.3 is 5.97 Å². The number of aliphatic hydroxyl groups is 1. The zero-order valence-electron chi connectivity index (χ0n) is 23.9. The Labute approximate surface area is 248 Å². The van der Waals surface area contributed by atoms with Gasteiger partial charge in [0.05, 0.1) is 12.3 Å². The standard InChI is InChI=1S/C28H36N8O5S/c1-4-35(14-15-37)25(39)20-9-7-19(8-10-20)16-36-13-5-6-21-23(30-12-11-29-18(3)38)32-27(33-24(21)36)34-28-31-17(2)22(42-28)26(40)41/h7-10,37H,4-6,11-16H2,1-3H3,(H,29,38)(H,40,41)(H2,30,31,32,33,34). The van der Waals surface area contributed by atoms with Crippen LogP contribution in [0.4, 0.5) is 22.7 Å². The van der Waals surface area contributed by atoms with Gasteiger partial charge in [0.2, 0.25) is 11.9 Å². The van der Waals surface area contributed by atoms with Crippen LogP contribution in [0, 0.1) is 6.92 Å². The molecule has 5 N–H and O–H groups in total. The molecule has 4 rings (SSSR count). The molecule has 0 atom stereocenters. The lowest BCUT2D eigenvalue weighted by molar-refractivity contribution is -0.118. The minimum atomic E-state index is -1.04. The van der Waals surface area contributed by atoms with E-state index in [0.29, 0.717) is 48.4 Å². The van der Waals surface area contributed by atoms with Crippen LogP contribution >= 0.6 is 11.3 Å². The smallest absolute Gasteiger partial charge is 0.347 e. The number of aromatic nitrogens is 3. The van der Waals surface area contributed by atoms with Crippen molar-refractivity contribution in [2.45, 2.75) is 40.2 Å². The summed E-state index contributed by atoms with van der Waals surface area (Å²) < 4.78 is 0. The van der Waals surface area contributed by atoms with E-state index < -0.39 is 5.97 Å². The number of amides is 2. The van der Waals surface area contributed by atoms with E-state index in [1.807, 2.05) is 19.1 Å². The van der Waals surface area contributed by atoms with Crippen molar-refractivity contribution in [2.24, 2.45) is 0 Å². The number of fused-ring (bicyclic) bond motifs is 1. The number of likely N-dealkylation sites (N-methyl/N-ethyl adjacent to an activating group) is 1. The number of aryl methyl sites for hydroxylation is 1. The van der Waals surface area contributed by atoms with E-state index in [1.165, 1.54) is 6.92 Å². The summed E-state index contributed by atoms with van der Waals surface area (Å²) in [7, 11) is 0. The number of nitrogens with one attached hydrogen (secondary N) is 3. The maximum Gasteiger partial charge on any atom is 0.347 e. The molecule has 14 heteroatoms. The minimum absolute atomic E-state index is 0.0856. The number of carboxylic acid groups (broad SMARTS) is 1. The van der Waals surface area contributed by atoms with Crippen LogP contribution in [-0.4, -0.2) is 87.2 Å². The number of hydrogen-bond acceptors (Lipinski definition) is 11. The molecular weight excluding hydrogens is 560 g/mol. The van der Waals surface area contributed by atoms with Gasteiger partial charge in [0, 0.05) is 57.3 Å². The molecule has 42 heavy (non-hydrogen) atoms. The van der Waals surface area contributed by atoms with Gasteiger partial charge in [-0.3, -0.25) is 14.9 Å². The molecule has 2 aromatic heterocycles. The molecule has 0 bridgehead atoms. The molecule has 1 aromatic carbocycles. The van der Waals surface area contributed by atoms with Crippen molar-refractivity contribution in [3.63, 3.8) is 0 Å². The van der Waals surface area contributed by atoms with Crippen LogP contribution < -0.4 is 20.9 Å². The van der Waals surface area contributed by atoms with E-state index in [4.69, 9.17) is 4.98 Å². The fourth-order valence-electron chi connectivity index (χ4n) is 4.72. The van der Waals surface area contributed by atoms with E-state index in [0.717, 1.165) is 47.7 Å². The summed E-state index contributed by atoms with van der Waals surface area (Å²) in [6.45, 7) is 7.90. The number of rotatable bonds is 13. The molecule has 1 aliphatic rings. The van der Waals surface area contributed by atoms with E-state index in [1.54, 1.807) is 24.0 Å². The molecule has 0 saturated carbocycles. The summed E-state index contributed by atoms with van der Waals surface area (Å²) in [5.41, 5.74) is 2.92. The van der Waals surface area contributed by atoms with Gasteiger partial charge in [0.25, 0.3) is 5.91 Å². The number of hydrogen-bond donors (Lipinski definition) is 5. The maximum absolute atomic E-state index is 12.8. The summed E-state index contributed by atoms with van der Waals surface area (Å²) in [5, 5.41) is 28.2. The zero-order valence-corrected chi connectivity index (χ0v) is 24.8. The first-order chi connectivity index (χ1) is 20.2. The largest absolute Gasteiger partial charge is 0.477 e. The molecule has 13 nitrogen and oxygen atoms in total. The Kier molecular flexibility index (Phi) is 10.3. The number of thiazole rings is 1. The highest BCUT2D eigenvalue weighted by Crippen LogP contribution is 2.34. The molecule has 2 amide bonds. The van der Waals surface area contributed by atoms with Crippen LogP contribution in [0.25, 0.3) is 0 Å². The molecule has 1 aliphatic heterocycles. The number of aliphatic hydroxyl groups excluding tert-OH is 1. The average molecular weight is 597 g/mol. The van der Waals surface area contributed by atoms with Crippen molar-refractivity contribution < 1.29 is 24.6 Å². The van der Waals surface area contributed by atoms with Crippen LogP contribution in [-0.2, 0) is 17.8 Å². The summed E-state index contributed by atoms with van der Waals surface area (Å²) in [5.74, 6) is 0.370. The zero-order chi connectivity index (χ0) is 30.2. The molecule has 0 unspecified atom stereocenters. The topological polar surface area (TPSA) is 173 Å². The Balaban J connectivity index is 1.60. The Hall–Kier alpha value is -4.30. The third kappa shape index (κ3) is 7.50. The molecular formula is C28H36N8O5S. The number of benzene rings is 1. The lowest BCUT2D eigenvalue weighted by Crippen LogP contribution is -2.33. The Morgan fingerprint density at radius 2 is 1.88 bits per heavy atom. The normalized spacial score (nSPS) is 12.4. The predicted octanol–water partition coefficient (Wildman–Crippen LogP) is 2.64. The van der Waals surface area contributed by atoms with Gasteiger partial charge in [-0.2, -0.15) is 9.97 Å². The van der Waals surface area contributed by atoms with Crippen molar-refractivity contribution >= 4 is 51.8 Å². The second kappa shape index (κ2) is 14.0. The number of aromatic carboxylic acids is 1. The van der Waals surface area contributed by atoms with Gasteiger partial charge in [-0.15, -0.1) is 0 Å². The van der Waals surface area contributed by atoms with Gasteiger partial charge in [-0.25, -0.2) is 9.78 Å². The molecule has 0 spiro atoms. The maximum atomic E-state index is 12.8. The average Bonchev–Trinajstić information content (AvgIpc) is 3.34. The third-order valence-corrected chi connectivity index (χ3v) is 7.81. The molecule has 3 aromatic rings. The SMILES string of the molecule is CCN(CCO)C(=O)c1ccc(CN2CCCc3c(NCCNC(C)=O)nc(Nc4nc(C)c(C(=O)O)s4)nc32)cc1. The third-order valence-electron chi connectivity index (χ3n) is 6.75. The molecule has 224 valence electrons. The monoisotopic (exact) mass is 596 g/mol. The van der Waals surface area contributed by atoms with Crippen LogP contribution in [0.3, 0.4) is 0 Å². The summed E-state index contributed by atoms with van der Waals surface area (Å²) in [6.07, 6.45) is 1.65. The summed E-state index contributed by atoms with van der Waals surface area (Å²) in [6, 6.07) is 7.45. The van der Waals surface area contributed by atoms with Gasteiger partial charge in [0.1, 0.15) is 16.5 Å². The van der Waals surface area contributed by atoms with Crippen molar-refractivity contribution in [3.05, 3.63) is 51.5 Å². The second-order valence-corrected chi connectivity index (χ2v) is 10.8. The van der Waals surface area contributed by atoms with Crippen LogP contribution in [0.1, 0.15) is 57.1 Å². The highest BCUT2D eigenvalue weighted by Gasteiger charge is 2.25. The first-order valence-electron chi connectivity index (χ1n) is 13.8. The molecule has 0 aliphatic carbocycles. The number of anilines is 4. The van der Waals surface area contributed by atoms with Gasteiger partial charge in [-0.05, 0) is 44.4 Å². The quantitative estimate of drug-likeness (QED) is 0.184. The van der Waals surface area contributed by atoms with Crippen molar-refractivity contribution in [2.75, 3.05) is 54.9 Å². The first-order valence-corrected chi connectivity index (χ1v) is 14.6. The Bertz CT molecular complexity index is 1430. The fourth-order valence-corrected chi connectivity index (χ4v) is 5.51. The van der Waals surface area contributed by atoms with Gasteiger partial charge in [-0.1, -0.05) is 23.5 Å². The minimum Gasteiger partial charge on any atom is -0.477 e. The molecule has 0 saturated heterocycles. The van der Waals surface area contributed by atoms with Crippen molar-refractivity contribution in [1.82, 2.24) is 25.2 Å². The van der Waals surface area contributed by atoms with Crippen LogP contribution in [0.5, 0.6) is 0 Å². The van der Waals surface area contributed by atoms with E-state index in [9.17, 15) is 24.6 Å². The highest BCUT2D eigenvalue weighted by atomic mass is 32.1. The first kappa shape index (κ1) is 30.7. The van der Waals surface area contributed by atoms with Crippen molar-refractivity contribution in [3.8, 4) is 0 Å². The molecule has 3 heterocycles. The second-order valence-electron chi connectivity index (χ2n) is 9.80. The van der Waals surface area contributed by atoms with Crippen molar-refractivity contribution in [1.29, 1.82) is 0 Å². The van der Waals surface area contributed by atoms with E-state index in [-0.39, 0.29) is 35.8 Å². The summed E-state index contributed by atoms with van der Waals surface area (Å²) >= 11 is 1.02. The summed E-state index contributed by atoms with van der Waals surface area (Å²) in [4.78, 5) is 53.3. The number of carbonyl (C=O) groups excluding carboxylic acids is 2. The predicted molar refractivity (Wildman–Crippen MR) is 161 cm³/mol. The fraction of sp³-hybridized carbons (Fsp3) is 0.429. The van der Waals surface area contributed by atoms with E-state index in [2.05, 4.69) is 30.8 Å². The number of carboxylic acids is 1. The highest BCUT2D eigenvalue weighted by molar-refractivity contribution is 7.17. The van der Waals surface area contributed by atoms with Gasteiger partial charge in [0.15, 0.2) is 5.13 Å².